The van der Waals surface area contributed by atoms with Gasteiger partial charge in [-0.2, -0.15) is 0 Å². The van der Waals surface area contributed by atoms with Gasteiger partial charge in [0.2, 0.25) is 0 Å². The monoisotopic (exact) mass is 416 g/mol. The van der Waals surface area contributed by atoms with Crippen LogP contribution in [-0.2, 0) is 11.2 Å². The van der Waals surface area contributed by atoms with Crippen LogP contribution >= 0.6 is 0 Å². The summed E-state index contributed by atoms with van der Waals surface area (Å²) >= 11 is 0. The third-order valence-electron chi connectivity index (χ3n) is 4.99. The largest absolute Gasteiger partial charge is 0.481 e. The summed E-state index contributed by atoms with van der Waals surface area (Å²) in [4.78, 5) is 24.8. The number of nitrogens with one attached hydrogen (secondary N) is 2. The Morgan fingerprint density at radius 3 is 2.35 bits per heavy atom. The zero-order valence-corrected chi connectivity index (χ0v) is 18.1. The summed E-state index contributed by atoms with van der Waals surface area (Å²) in [6.45, 7) is 6.19. The van der Waals surface area contributed by atoms with Gasteiger partial charge in [0.1, 0.15) is 5.75 Å². The maximum Gasteiger partial charge on any atom is 0.265 e. The van der Waals surface area contributed by atoms with Gasteiger partial charge >= 0.3 is 0 Å². The van der Waals surface area contributed by atoms with Crippen molar-refractivity contribution in [3.63, 3.8) is 0 Å². The summed E-state index contributed by atoms with van der Waals surface area (Å²) in [5.74, 6) is 0.170. The number of rotatable bonds is 8. The van der Waals surface area contributed by atoms with E-state index in [1.165, 1.54) is 5.56 Å². The third kappa shape index (κ3) is 6.44. The number of anilines is 1. The Morgan fingerprint density at radius 2 is 1.65 bits per heavy atom. The molecule has 3 aromatic rings. The standard InChI is InChI=1S/C26H28N2O3/c1-18-9-10-19(2)24(17-18)28-25(29)20(3)31-23-13-11-22(12-14-23)26(30)27-16-15-21-7-5-4-6-8-21/h4-14,17,20H,15-16H2,1-3H3,(H,27,30)(H,28,29). The molecular formula is C26H28N2O3. The summed E-state index contributed by atoms with van der Waals surface area (Å²) in [5.41, 5.74) is 4.58. The van der Waals surface area contributed by atoms with E-state index in [0.717, 1.165) is 23.2 Å². The summed E-state index contributed by atoms with van der Waals surface area (Å²) in [7, 11) is 0. The number of amides is 2. The minimum atomic E-state index is -0.675. The van der Waals surface area contributed by atoms with Crippen LogP contribution in [0.4, 0.5) is 5.69 Å². The van der Waals surface area contributed by atoms with Crippen molar-refractivity contribution >= 4 is 17.5 Å². The average molecular weight is 417 g/mol. The first-order valence-electron chi connectivity index (χ1n) is 10.4. The predicted molar refractivity (Wildman–Crippen MR) is 124 cm³/mol. The van der Waals surface area contributed by atoms with Crippen molar-refractivity contribution in [3.8, 4) is 5.75 Å². The first-order valence-corrected chi connectivity index (χ1v) is 10.4. The molecule has 31 heavy (non-hydrogen) atoms. The molecule has 0 saturated heterocycles. The smallest absolute Gasteiger partial charge is 0.265 e. The van der Waals surface area contributed by atoms with Crippen molar-refractivity contribution in [2.24, 2.45) is 0 Å². The molecule has 5 nitrogen and oxygen atoms in total. The van der Waals surface area contributed by atoms with E-state index in [9.17, 15) is 9.59 Å². The van der Waals surface area contributed by atoms with Crippen molar-refractivity contribution in [1.29, 1.82) is 0 Å². The Balaban J connectivity index is 1.50. The van der Waals surface area contributed by atoms with Gasteiger partial charge in [0.15, 0.2) is 6.10 Å². The van der Waals surface area contributed by atoms with Crippen molar-refractivity contribution in [1.82, 2.24) is 5.32 Å². The lowest BCUT2D eigenvalue weighted by Gasteiger charge is -2.16. The second kappa shape index (κ2) is 10.4. The molecule has 0 aromatic heterocycles. The lowest BCUT2D eigenvalue weighted by atomic mass is 10.1. The Labute approximate surface area is 183 Å². The Morgan fingerprint density at radius 1 is 0.935 bits per heavy atom. The van der Waals surface area contributed by atoms with E-state index in [0.29, 0.717) is 17.9 Å². The number of benzene rings is 3. The van der Waals surface area contributed by atoms with Gasteiger partial charge in [-0.15, -0.1) is 0 Å². The summed E-state index contributed by atoms with van der Waals surface area (Å²) < 4.78 is 5.75. The molecule has 3 aromatic carbocycles. The van der Waals surface area contributed by atoms with Crippen molar-refractivity contribution in [2.45, 2.75) is 33.3 Å². The molecule has 0 radical (unpaired) electrons. The zero-order chi connectivity index (χ0) is 22.2. The van der Waals surface area contributed by atoms with Crippen LogP contribution in [0.25, 0.3) is 0 Å². The van der Waals surface area contributed by atoms with Gasteiger partial charge in [0.25, 0.3) is 11.8 Å². The van der Waals surface area contributed by atoms with E-state index in [2.05, 4.69) is 10.6 Å². The lowest BCUT2D eigenvalue weighted by Crippen LogP contribution is -2.30. The number of hydrogen-bond acceptors (Lipinski definition) is 3. The molecule has 0 aliphatic carbocycles. The van der Waals surface area contributed by atoms with Crippen LogP contribution in [0.5, 0.6) is 5.75 Å². The maximum absolute atomic E-state index is 12.5. The van der Waals surface area contributed by atoms with Gasteiger partial charge in [-0.25, -0.2) is 0 Å². The highest BCUT2D eigenvalue weighted by Crippen LogP contribution is 2.18. The number of hydrogen-bond donors (Lipinski definition) is 2. The minimum absolute atomic E-state index is 0.136. The number of aryl methyl sites for hydroxylation is 2. The van der Waals surface area contributed by atoms with E-state index in [1.807, 2.05) is 62.4 Å². The highest BCUT2D eigenvalue weighted by atomic mass is 16.5. The molecule has 1 atom stereocenters. The molecule has 2 amide bonds. The minimum Gasteiger partial charge on any atom is -0.481 e. The van der Waals surface area contributed by atoms with Crippen LogP contribution in [0.1, 0.15) is 34.0 Å². The highest BCUT2D eigenvalue weighted by molar-refractivity contribution is 5.95. The van der Waals surface area contributed by atoms with Gasteiger partial charge in [-0.05, 0) is 74.2 Å². The van der Waals surface area contributed by atoms with Gasteiger partial charge in [0, 0.05) is 17.8 Å². The SMILES string of the molecule is Cc1ccc(C)c(NC(=O)C(C)Oc2ccc(C(=O)NCCc3ccccc3)cc2)c1. The molecule has 0 fully saturated rings. The zero-order valence-electron chi connectivity index (χ0n) is 18.1. The molecule has 1 unspecified atom stereocenters. The Kier molecular flexibility index (Phi) is 7.44. The second-order valence-corrected chi connectivity index (χ2v) is 7.58. The van der Waals surface area contributed by atoms with Crippen LogP contribution in [-0.4, -0.2) is 24.5 Å². The van der Waals surface area contributed by atoms with E-state index in [1.54, 1.807) is 31.2 Å². The maximum atomic E-state index is 12.5. The van der Waals surface area contributed by atoms with E-state index in [4.69, 9.17) is 4.74 Å². The molecule has 0 heterocycles. The molecule has 0 aliphatic rings. The number of carbonyl (C=O) groups is 2. The number of carbonyl (C=O) groups excluding carboxylic acids is 2. The van der Waals surface area contributed by atoms with Crippen LogP contribution in [0.3, 0.4) is 0 Å². The van der Waals surface area contributed by atoms with E-state index >= 15 is 0 Å². The van der Waals surface area contributed by atoms with Crippen molar-refractivity contribution in [3.05, 3.63) is 95.1 Å². The molecule has 3 rings (SSSR count). The Bertz CT molecular complexity index is 1030. The van der Waals surface area contributed by atoms with Crippen LogP contribution < -0.4 is 15.4 Å². The van der Waals surface area contributed by atoms with Gasteiger partial charge < -0.3 is 15.4 Å². The molecule has 160 valence electrons. The Hall–Kier alpha value is -3.60. The molecule has 5 heteroatoms. The summed E-state index contributed by atoms with van der Waals surface area (Å²) in [6, 6.07) is 22.7. The molecule has 0 aliphatic heterocycles. The normalized spacial score (nSPS) is 11.5. The summed E-state index contributed by atoms with van der Waals surface area (Å²) in [6.07, 6.45) is 0.103. The second-order valence-electron chi connectivity index (χ2n) is 7.58. The molecule has 2 N–H and O–H groups in total. The van der Waals surface area contributed by atoms with Crippen LogP contribution in [0.2, 0.25) is 0 Å². The van der Waals surface area contributed by atoms with Gasteiger partial charge in [-0.3, -0.25) is 9.59 Å². The lowest BCUT2D eigenvalue weighted by molar-refractivity contribution is -0.122. The molecular weight excluding hydrogens is 388 g/mol. The van der Waals surface area contributed by atoms with Crippen LogP contribution in [0, 0.1) is 13.8 Å². The fourth-order valence-electron chi connectivity index (χ4n) is 3.11. The fourth-order valence-corrected chi connectivity index (χ4v) is 3.11. The topological polar surface area (TPSA) is 67.4 Å². The average Bonchev–Trinajstić information content (AvgIpc) is 2.77. The molecule has 0 spiro atoms. The first kappa shape index (κ1) is 22.1. The predicted octanol–water partition coefficient (Wildman–Crippen LogP) is 4.68. The highest BCUT2D eigenvalue weighted by Gasteiger charge is 2.16. The first-order chi connectivity index (χ1) is 14.9. The fraction of sp³-hybridized carbons (Fsp3) is 0.231. The molecule has 0 saturated carbocycles. The molecule has 0 bridgehead atoms. The van der Waals surface area contributed by atoms with E-state index in [-0.39, 0.29) is 11.8 Å². The third-order valence-corrected chi connectivity index (χ3v) is 4.99. The summed E-state index contributed by atoms with van der Waals surface area (Å²) in [5, 5.41) is 5.83. The van der Waals surface area contributed by atoms with Gasteiger partial charge in [-0.1, -0.05) is 42.5 Å². The number of ether oxygens (including phenoxy) is 1. The van der Waals surface area contributed by atoms with Crippen molar-refractivity contribution < 1.29 is 14.3 Å². The van der Waals surface area contributed by atoms with E-state index < -0.39 is 6.10 Å². The quantitative estimate of drug-likeness (QED) is 0.560. The van der Waals surface area contributed by atoms with Crippen molar-refractivity contribution in [2.75, 3.05) is 11.9 Å². The van der Waals surface area contributed by atoms with Crippen LogP contribution in [0.15, 0.2) is 72.8 Å². The van der Waals surface area contributed by atoms with Gasteiger partial charge in [0.05, 0.1) is 0 Å².